The molecule has 0 unspecified atom stereocenters. The summed E-state index contributed by atoms with van der Waals surface area (Å²) in [6.07, 6.45) is 5.16. The van der Waals surface area contributed by atoms with Gasteiger partial charge in [-0.1, -0.05) is 43.0 Å². The smallest absolute Gasteiger partial charge is 0.261 e. The van der Waals surface area contributed by atoms with Gasteiger partial charge in [-0.15, -0.1) is 11.3 Å². The van der Waals surface area contributed by atoms with E-state index in [0.717, 1.165) is 31.2 Å². The van der Waals surface area contributed by atoms with Crippen LogP contribution in [0.3, 0.4) is 0 Å². The molecule has 0 spiro atoms. The molecule has 1 fully saturated rings. The first-order valence-corrected chi connectivity index (χ1v) is 12.9. The highest BCUT2D eigenvalue weighted by molar-refractivity contribution is 7.12. The molecule has 1 atom stereocenters. The van der Waals surface area contributed by atoms with Crippen LogP contribution in [0.5, 0.6) is 0 Å². The van der Waals surface area contributed by atoms with Gasteiger partial charge in [0.15, 0.2) is 6.04 Å². The predicted molar refractivity (Wildman–Crippen MR) is 137 cm³/mol. The molecule has 8 heteroatoms. The summed E-state index contributed by atoms with van der Waals surface area (Å²) in [7, 11) is 0. The quantitative estimate of drug-likeness (QED) is 0.466. The van der Waals surface area contributed by atoms with Crippen molar-refractivity contribution >= 4 is 34.7 Å². The van der Waals surface area contributed by atoms with Gasteiger partial charge >= 0.3 is 0 Å². The maximum absolute atomic E-state index is 13.7. The van der Waals surface area contributed by atoms with Crippen LogP contribution in [0.1, 0.15) is 64.9 Å². The Morgan fingerprint density at radius 1 is 1.03 bits per heavy atom. The zero-order valence-electron chi connectivity index (χ0n) is 20.1. The molecule has 35 heavy (non-hydrogen) atoms. The van der Waals surface area contributed by atoms with Gasteiger partial charge in [0, 0.05) is 11.7 Å². The molecule has 4 rings (SSSR count). The molecular formula is C27H31N3O4S. The first-order chi connectivity index (χ1) is 16.9. The number of amides is 3. The largest absolute Gasteiger partial charge is 0.464 e. The summed E-state index contributed by atoms with van der Waals surface area (Å²) in [5, 5.41) is 7.65. The van der Waals surface area contributed by atoms with Crippen molar-refractivity contribution in [1.82, 2.24) is 10.6 Å². The molecule has 2 heterocycles. The lowest BCUT2D eigenvalue weighted by Gasteiger charge is -2.32. The number of anilines is 1. The van der Waals surface area contributed by atoms with E-state index in [1.54, 1.807) is 36.6 Å². The molecule has 1 saturated carbocycles. The molecule has 1 aliphatic rings. The fourth-order valence-corrected chi connectivity index (χ4v) is 5.02. The van der Waals surface area contributed by atoms with Crippen LogP contribution in [0.2, 0.25) is 0 Å². The van der Waals surface area contributed by atoms with Gasteiger partial charge in [0.25, 0.3) is 11.8 Å². The van der Waals surface area contributed by atoms with Gasteiger partial charge in [-0.2, -0.15) is 0 Å². The average molecular weight is 494 g/mol. The number of carbonyl (C=O) groups excluding carboxylic acids is 3. The Hall–Kier alpha value is -3.39. The Morgan fingerprint density at radius 3 is 2.40 bits per heavy atom. The number of furan rings is 1. The zero-order valence-corrected chi connectivity index (χ0v) is 20.9. The van der Waals surface area contributed by atoms with Crippen molar-refractivity contribution in [2.75, 3.05) is 11.4 Å². The molecule has 1 aliphatic carbocycles. The molecular weight excluding hydrogens is 462 g/mol. The van der Waals surface area contributed by atoms with Crippen LogP contribution < -0.4 is 15.5 Å². The van der Waals surface area contributed by atoms with Crippen LogP contribution in [0.15, 0.2) is 58.3 Å². The minimum atomic E-state index is -1.00. The summed E-state index contributed by atoms with van der Waals surface area (Å²) in [5.74, 6) is 0.0164. The summed E-state index contributed by atoms with van der Waals surface area (Å²) >= 11 is 1.30. The molecule has 2 N–H and O–H groups in total. The van der Waals surface area contributed by atoms with E-state index in [4.69, 9.17) is 4.42 Å². The van der Waals surface area contributed by atoms with E-state index in [1.165, 1.54) is 22.7 Å². The number of rotatable bonds is 8. The number of nitrogens with one attached hydrogen (secondary N) is 2. The summed E-state index contributed by atoms with van der Waals surface area (Å²) in [6, 6.07) is 13.5. The summed E-state index contributed by atoms with van der Waals surface area (Å²) < 4.78 is 5.88. The highest BCUT2D eigenvalue weighted by Gasteiger charge is 2.36. The molecule has 0 saturated heterocycles. The van der Waals surface area contributed by atoms with E-state index in [9.17, 15) is 14.4 Å². The van der Waals surface area contributed by atoms with Crippen LogP contribution in [0, 0.1) is 13.8 Å². The Bertz CT molecular complexity index is 1150. The van der Waals surface area contributed by atoms with Gasteiger partial charge in [-0.25, -0.2) is 0 Å². The first kappa shape index (κ1) is 24.7. The SMILES string of the molecule is Cc1ccc(N(C(=O)CNC(=O)c2cccs2)[C@H](C(=O)NC2CCCCC2)c2ccc(C)o2)cc1. The van der Waals surface area contributed by atoms with E-state index in [-0.39, 0.29) is 24.4 Å². The number of hydrogen-bond donors (Lipinski definition) is 2. The zero-order chi connectivity index (χ0) is 24.8. The molecule has 0 bridgehead atoms. The van der Waals surface area contributed by atoms with Crippen LogP contribution in [0.25, 0.3) is 0 Å². The third-order valence-corrected chi connectivity index (χ3v) is 7.08. The average Bonchev–Trinajstić information content (AvgIpc) is 3.54. The number of benzene rings is 1. The number of hydrogen-bond acceptors (Lipinski definition) is 5. The van der Waals surface area contributed by atoms with Gasteiger partial charge in [0.1, 0.15) is 11.5 Å². The fraction of sp³-hybridized carbons (Fsp3) is 0.370. The molecule has 3 amide bonds. The fourth-order valence-electron chi connectivity index (χ4n) is 4.38. The lowest BCUT2D eigenvalue weighted by Crippen LogP contribution is -2.49. The topological polar surface area (TPSA) is 91.7 Å². The lowest BCUT2D eigenvalue weighted by atomic mass is 9.95. The molecule has 184 valence electrons. The Balaban J connectivity index is 1.64. The summed E-state index contributed by atoms with van der Waals surface area (Å²) in [5.41, 5.74) is 1.59. The molecule has 1 aromatic carbocycles. The normalized spacial score (nSPS) is 14.8. The van der Waals surface area contributed by atoms with Gasteiger partial charge in [-0.05, 0) is 62.4 Å². The van der Waals surface area contributed by atoms with Crippen molar-refractivity contribution in [3.8, 4) is 0 Å². The third-order valence-electron chi connectivity index (χ3n) is 6.21. The number of thiophene rings is 1. The molecule has 0 aliphatic heterocycles. The van der Waals surface area contributed by atoms with Gasteiger partial charge < -0.3 is 15.1 Å². The van der Waals surface area contributed by atoms with Crippen molar-refractivity contribution < 1.29 is 18.8 Å². The molecule has 2 aromatic heterocycles. The van der Waals surface area contributed by atoms with Crippen molar-refractivity contribution in [3.63, 3.8) is 0 Å². The van der Waals surface area contributed by atoms with E-state index < -0.39 is 11.9 Å². The lowest BCUT2D eigenvalue weighted by molar-refractivity contribution is -0.127. The van der Waals surface area contributed by atoms with E-state index in [0.29, 0.717) is 22.1 Å². The molecule has 3 aromatic rings. The van der Waals surface area contributed by atoms with Crippen molar-refractivity contribution in [3.05, 3.63) is 75.9 Å². The van der Waals surface area contributed by atoms with Gasteiger partial charge in [0.05, 0.1) is 11.4 Å². The number of aryl methyl sites for hydroxylation is 2. The second-order valence-corrected chi connectivity index (χ2v) is 9.90. The first-order valence-electron chi connectivity index (χ1n) is 12.0. The summed E-state index contributed by atoms with van der Waals surface area (Å²) in [6.45, 7) is 3.51. The van der Waals surface area contributed by atoms with Crippen molar-refractivity contribution in [2.24, 2.45) is 0 Å². The number of nitrogens with zero attached hydrogens (tertiary/aromatic N) is 1. The maximum atomic E-state index is 13.7. The van der Waals surface area contributed by atoms with Gasteiger partial charge in [-0.3, -0.25) is 19.3 Å². The minimum Gasteiger partial charge on any atom is -0.464 e. The second-order valence-electron chi connectivity index (χ2n) is 8.95. The second kappa shape index (κ2) is 11.4. The molecule has 7 nitrogen and oxygen atoms in total. The van der Waals surface area contributed by atoms with E-state index in [1.807, 2.05) is 31.2 Å². The van der Waals surface area contributed by atoms with Crippen LogP contribution in [-0.4, -0.2) is 30.3 Å². The van der Waals surface area contributed by atoms with Crippen LogP contribution >= 0.6 is 11.3 Å². The van der Waals surface area contributed by atoms with E-state index >= 15 is 0 Å². The predicted octanol–water partition coefficient (Wildman–Crippen LogP) is 4.91. The highest BCUT2D eigenvalue weighted by atomic mass is 32.1. The summed E-state index contributed by atoms with van der Waals surface area (Å²) in [4.78, 5) is 41.7. The monoisotopic (exact) mass is 493 g/mol. The van der Waals surface area contributed by atoms with Crippen LogP contribution in [0.4, 0.5) is 5.69 Å². The Labute approximate surface area is 209 Å². The highest BCUT2D eigenvalue weighted by Crippen LogP contribution is 2.30. The van der Waals surface area contributed by atoms with Crippen LogP contribution in [-0.2, 0) is 9.59 Å². The Kier molecular flexibility index (Phi) is 8.02. The number of carbonyl (C=O) groups is 3. The standard InChI is InChI=1S/C27H31N3O4S/c1-18-10-13-21(14-11-18)30(24(31)17-28-26(32)23-9-6-16-35-23)25(22-15-12-19(2)34-22)27(33)29-20-7-4-3-5-8-20/h6,9-16,20,25H,3-5,7-8,17H2,1-2H3,(H,28,32)(H,29,33)/t25-/m0/s1. The third kappa shape index (κ3) is 6.19. The Morgan fingerprint density at radius 2 is 1.77 bits per heavy atom. The van der Waals surface area contributed by atoms with Crippen molar-refractivity contribution in [1.29, 1.82) is 0 Å². The van der Waals surface area contributed by atoms with Gasteiger partial charge in [0.2, 0.25) is 5.91 Å². The van der Waals surface area contributed by atoms with E-state index in [2.05, 4.69) is 10.6 Å². The van der Waals surface area contributed by atoms with Crippen molar-refractivity contribution in [2.45, 2.75) is 58.0 Å². The molecule has 0 radical (unpaired) electrons. The minimum absolute atomic E-state index is 0.0725. The maximum Gasteiger partial charge on any atom is 0.261 e.